The first-order valence-electron chi connectivity index (χ1n) is 9.81. The summed E-state index contributed by atoms with van der Waals surface area (Å²) in [6, 6.07) is 13.6. The van der Waals surface area contributed by atoms with Crippen molar-refractivity contribution in [3.8, 4) is 5.69 Å². The molecule has 7 nitrogen and oxygen atoms in total. The Kier molecular flexibility index (Phi) is 7.22. The highest BCUT2D eigenvalue weighted by Crippen LogP contribution is 2.22. The minimum atomic E-state index is -4.00. The molecule has 166 valence electrons. The molecule has 0 saturated carbocycles. The van der Waals surface area contributed by atoms with E-state index in [0.29, 0.717) is 19.6 Å². The first-order valence-corrected chi connectivity index (χ1v) is 11.4. The van der Waals surface area contributed by atoms with Gasteiger partial charge in [-0.15, -0.1) is 0 Å². The normalized spacial score (nSPS) is 11.9. The molecule has 2 N–H and O–H groups in total. The van der Waals surface area contributed by atoms with E-state index in [0.717, 1.165) is 35.1 Å². The van der Waals surface area contributed by atoms with E-state index in [4.69, 9.17) is 9.88 Å². The lowest BCUT2D eigenvalue weighted by molar-refractivity contribution is 0.158. The molecule has 0 atom stereocenters. The van der Waals surface area contributed by atoms with E-state index in [-0.39, 0.29) is 10.6 Å². The molecular weight excluding hydrogens is 419 g/mol. The van der Waals surface area contributed by atoms with Gasteiger partial charge in [0.1, 0.15) is 11.5 Å². The van der Waals surface area contributed by atoms with Gasteiger partial charge >= 0.3 is 0 Å². The zero-order valence-electron chi connectivity index (χ0n) is 17.9. The van der Waals surface area contributed by atoms with Crippen LogP contribution in [-0.4, -0.2) is 50.4 Å². The van der Waals surface area contributed by atoms with Gasteiger partial charge in [0.15, 0.2) is 0 Å². The number of aromatic nitrogens is 2. The van der Waals surface area contributed by atoms with Crippen LogP contribution in [0.2, 0.25) is 0 Å². The van der Waals surface area contributed by atoms with E-state index in [1.165, 1.54) is 16.8 Å². The van der Waals surface area contributed by atoms with Crippen LogP contribution in [0, 0.1) is 12.7 Å². The van der Waals surface area contributed by atoms with Crippen molar-refractivity contribution in [1.82, 2.24) is 14.7 Å². The highest BCUT2D eigenvalue weighted by Gasteiger charge is 2.17. The van der Waals surface area contributed by atoms with E-state index in [1.54, 1.807) is 7.11 Å². The quantitative estimate of drug-likeness (QED) is 0.546. The van der Waals surface area contributed by atoms with E-state index in [9.17, 15) is 12.8 Å². The number of primary sulfonamides is 1. The molecule has 3 rings (SSSR count). The van der Waals surface area contributed by atoms with Gasteiger partial charge in [-0.2, -0.15) is 5.10 Å². The summed E-state index contributed by atoms with van der Waals surface area (Å²) in [4.78, 5) is 1.79. The molecular formula is C22H27FN4O3S. The summed E-state index contributed by atoms with van der Waals surface area (Å²) < 4.78 is 44.6. The Morgan fingerprint density at radius 2 is 1.97 bits per heavy atom. The first-order chi connectivity index (χ1) is 14.7. The van der Waals surface area contributed by atoms with Gasteiger partial charge in [-0.25, -0.2) is 22.6 Å². The molecule has 1 heterocycles. The van der Waals surface area contributed by atoms with Crippen LogP contribution < -0.4 is 5.14 Å². The largest absolute Gasteiger partial charge is 0.383 e. The zero-order valence-corrected chi connectivity index (χ0v) is 18.7. The summed E-state index contributed by atoms with van der Waals surface area (Å²) in [7, 11) is -0.388. The van der Waals surface area contributed by atoms with Crippen molar-refractivity contribution in [1.29, 1.82) is 0 Å². The second kappa shape index (κ2) is 9.69. The molecule has 0 spiro atoms. The maximum Gasteiger partial charge on any atom is 0.238 e. The third kappa shape index (κ3) is 5.98. The summed E-state index contributed by atoms with van der Waals surface area (Å²) in [5, 5.41) is 9.74. The smallest absolute Gasteiger partial charge is 0.238 e. The molecule has 0 amide bonds. The molecule has 1 aromatic heterocycles. The summed E-state index contributed by atoms with van der Waals surface area (Å²) in [5.41, 5.74) is 3.94. The van der Waals surface area contributed by atoms with Gasteiger partial charge in [0.05, 0.1) is 17.2 Å². The van der Waals surface area contributed by atoms with Crippen molar-refractivity contribution < 1.29 is 17.5 Å². The van der Waals surface area contributed by atoms with Crippen molar-refractivity contribution in [2.45, 2.75) is 24.8 Å². The molecule has 0 aliphatic heterocycles. The molecule has 3 aromatic rings. The van der Waals surface area contributed by atoms with E-state index >= 15 is 0 Å². The second-order valence-electron chi connectivity index (χ2n) is 7.59. The summed E-state index contributed by atoms with van der Waals surface area (Å²) in [6.07, 6.45) is 0.548. The average Bonchev–Trinajstić information content (AvgIpc) is 3.07. The standard InChI is InChI=1S/C22H27FN4O3S/c1-16-5-4-6-17(11-16)12-19-13-18(15-26(2)9-10-30-3)25-27(19)22-8-7-20(14-21(22)23)31(24,28)29/h4-8,11,13-14H,9-10,12,15H2,1-3H3,(H2,24,28,29). The SMILES string of the molecule is COCCN(C)Cc1cc(Cc2cccc(C)c2)n(-c2ccc(S(N)(=O)=O)cc2F)n1. The van der Waals surface area contributed by atoms with Gasteiger partial charge in [0.25, 0.3) is 0 Å². The second-order valence-corrected chi connectivity index (χ2v) is 9.15. The van der Waals surface area contributed by atoms with Crippen LogP contribution >= 0.6 is 0 Å². The minimum absolute atomic E-state index is 0.167. The molecule has 0 fully saturated rings. The predicted molar refractivity (Wildman–Crippen MR) is 117 cm³/mol. The summed E-state index contributed by atoms with van der Waals surface area (Å²) >= 11 is 0. The third-order valence-corrected chi connectivity index (χ3v) is 5.80. The Labute approximate surface area is 182 Å². The van der Waals surface area contributed by atoms with Crippen LogP contribution in [0.4, 0.5) is 4.39 Å². The minimum Gasteiger partial charge on any atom is -0.383 e. The van der Waals surface area contributed by atoms with E-state index < -0.39 is 15.8 Å². The van der Waals surface area contributed by atoms with Crippen molar-refractivity contribution in [2.24, 2.45) is 5.14 Å². The zero-order chi connectivity index (χ0) is 22.6. The molecule has 0 aliphatic rings. The number of halogens is 1. The van der Waals surface area contributed by atoms with E-state index in [1.807, 2.05) is 38.2 Å². The fourth-order valence-electron chi connectivity index (χ4n) is 3.36. The number of likely N-dealkylation sites (N-methyl/N-ethyl adjacent to an activating group) is 1. The number of aryl methyl sites for hydroxylation is 1. The van der Waals surface area contributed by atoms with Gasteiger partial charge in [-0.3, -0.25) is 4.90 Å². The molecule has 0 aliphatic carbocycles. The molecule has 2 aromatic carbocycles. The molecule has 0 bridgehead atoms. The Hall–Kier alpha value is -2.59. The summed E-state index contributed by atoms with van der Waals surface area (Å²) in [6.45, 7) is 3.90. The number of nitrogens with zero attached hydrogens (tertiary/aromatic N) is 3. The van der Waals surface area contributed by atoms with Crippen LogP contribution in [0.1, 0.15) is 22.5 Å². The lowest BCUT2D eigenvalue weighted by Gasteiger charge is -2.14. The van der Waals surface area contributed by atoms with Gasteiger partial charge < -0.3 is 4.74 Å². The lowest BCUT2D eigenvalue weighted by Crippen LogP contribution is -2.22. The number of sulfonamides is 1. The van der Waals surface area contributed by atoms with Crippen LogP contribution in [0.5, 0.6) is 0 Å². The van der Waals surface area contributed by atoms with Crippen molar-refractivity contribution in [3.05, 3.63) is 76.9 Å². The van der Waals surface area contributed by atoms with Gasteiger partial charge in [0.2, 0.25) is 10.0 Å². The molecule has 0 radical (unpaired) electrons. The molecule has 0 unspecified atom stereocenters. The maximum atomic E-state index is 14.9. The lowest BCUT2D eigenvalue weighted by atomic mass is 10.1. The fraction of sp³-hybridized carbons (Fsp3) is 0.318. The van der Waals surface area contributed by atoms with Gasteiger partial charge in [-0.05, 0) is 43.8 Å². The predicted octanol–water partition coefficient (Wildman–Crippen LogP) is 2.64. The summed E-state index contributed by atoms with van der Waals surface area (Å²) in [5.74, 6) is -0.709. The van der Waals surface area contributed by atoms with Crippen LogP contribution in [0.15, 0.2) is 53.4 Å². The Morgan fingerprint density at radius 1 is 1.19 bits per heavy atom. The number of benzene rings is 2. The number of methoxy groups -OCH3 is 1. The fourth-order valence-corrected chi connectivity index (χ4v) is 3.88. The van der Waals surface area contributed by atoms with Crippen molar-refractivity contribution >= 4 is 10.0 Å². The highest BCUT2D eigenvalue weighted by atomic mass is 32.2. The van der Waals surface area contributed by atoms with Crippen LogP contribution in [0.25, 0.3) is 5.69 Å². The number of hydrogen-bond donors (Lipinski definition) is 1. The maximum absolute atomic E-state index is 14.9. The molecule has 0 saturated heterocycles. The van der Waals surface area contributed by atoms with Crippen molar-refractivity contribution in [3.63, 3.8) is 0 Å². The Bertz CT molecular complexity index is 1160. The average molecular weight is 447 g/mol. The van der Waals surface area contributed by atoms with Crippen molar-refractivity contribution in [2.75, 3.05) is 27.3 Å². The topological polar surface area (TPSA) is 90.5 Å². The number of rotatable bonds is 9. The molecule has 9 heteroatoms. The third-order valence-electron chi connectivity index (χ3n) is 4.89. The van der Waals surface area contributed by atoms with E-state index in [2.05, 4.69) is 16.1 Å². The number of hydrogen-bond acceptors (Lipinski definition) is 5. The molecule has 31 heavy (non-hydrogen) atoms. The Morgan fingerprint density at radius 3 is 2.61 bits per heavy atom. The Balaban J connectivity index is 2.00. The highest BCUT2D eigenvalue weighted by molar-refractivity contribution is 7.89. The monoisotopic (exact) mass is 446 g/mol. The van der Waals surface area contributed by atoms with Crippen LogP contribution in [-0.2, 0) is 27.7 Å². The first kappa shape index (κ1) is 23.1. The van der Waals surface area contributed by atoms with Gasteiger partial charge in [-0.1, -0.05) is 29.8 Å². The van der Waals surface area contributed by atoms with Crippen LogP contribution in [0.3, 0.4) is 0 Å². The number of nitrogens with two attached hydrogens (primary N) is 1. The van der Waals surface area contributed by atoms with Gasteiger partial charge in [0, 0.05) is 32.3 Å². The number of ether oxygens (including phenoxy) is 1.